The van der Waals surface area contributed by atoms with Crippen molar-refractivity contribution in [1.82, 2.24) is 19.9 Å². The van der Waals surface area contributed by atoms with Crippen molar-refractivity contribution >= 4 is 46.4 Å². The van der Waals surface area contributed by atoms with Gasteiger partial charge in [-0.15, -0.1) is 22.1 Å². The number of fused-ring (bicyclic) bond motifs is 8. The summed E-state index contributed by atoms with van der Waals surface area (Å²) in [6, 6.07) is 26.9. The molecule has 0 saturated heterocycles. The van der Waals surface area contributed by atoms with E-state index in [9.17, 15) is 0 Å². The van der Waals surface area contributed by atoms with E-state index in [1.165, 1.54) is 66.8 Å². The van der Waals surface area contributed by atoms with E-state index in [0.717, 1.165) is 89.4 Å². The third-order valence-electron chi connectivity index (χ3n) is 12.3. The van der Waals surface area contributed by atoms with Crippen LogP contribution in [0.15, 0.2) is 72.8 Å². The first kappa shape index (κ1) is 45.5. The molecule has 64 heavy (non-hydrogen) atoms. The summed E-state index contributed by atoms with van der Waals surface area (Å²) in [6.07, 6.45) is 8.72. The average Bonchev–Trinajstić information content (AvgIpc) is 4.07. The molecule has 5 heterocycles. The molecule has 7 heteroatoms. The van der Waals surface area contributed by atoms with Crippen LogP contribution < -0.4 is 9.97 Å². The minimum absolute atomic E-state index is 0.700. The van der Waals surface area contributed by atoms with Crippen LogP contribution in [0.1, 0.15) is 89.5 Å². The predicted octanol–water partition coefficient (Wildman–Crippen LogP) is 14.3. The summed E-state index contributed by atoms with van der Waals surface area (Å²) in [6.45, 7) is 31.1. The Bertz CT molecular complexity index is 2790. The normalized spacial score (nSPS) is 11.5. The van der Waals surface area contributed by atoms with Crippen LogP contribution in [0.25, 0.3) is 90.9 Å². The van der Waals surface area contributed by atoms with Crippen LogP contribution in [0.5, 0.6) is 0 Å². The van der Waals surface area contributed by atoms with Crippen molar-refractivity contribution in [3.8, 4) is 44.5 Å². The molecule has 0 fully saturated rings. The Morgan fingerprint density at radius 1 is 0.344 bits per heavy atom. The molecule has 0 spiro atoms. The van der Waals surface area contributed by atoms with E-state index < -0.39 is 0 Å². The molecule has 0 saturated carbocycles. The molecule has 6 nitrogen and oxygen atoms in total. The molecule has 0 radical (unpaired) electrons. The van der Waals surface area contributed by atoms with Crippen LogP contribution in [0.3, 0.4) is 0 Å². The van der Waals surface area contributed by atoms with Gasteiger partial charge in [0.15, 0.2) is 0 Å². The van der Waals surface area contributed by atoms with Gasteiger partial charge in [0, 0.05) is 0 Å². The minimum atomic E-state index is 0.700. The van der Waals surface area contributed by atoms with Crippen molar-refractivity contribution < 1.29 is 23.2 Å². The second kappa shape index (κ2) is 18.3. The van der Waals surface area contributed by atoms with Gasteiger partial charge in [0.05, 0.1) is 22.8 Å². The van der Waals surface area contributed by atoms with Crippen LogP contribution in [0.4, 0.5) is 0 Å². The van der Waals surface area contributed by atoms with Crippen molar-refractivity contribution in [2.75, 3.05) is 0 Å². The molecule has 2 aliphatic rings. The molecule has 0 atom stereocenters. The van der Waals surface area contributed by atoms with Gasteiger partial charge in [-0.1, -0.05) is 95.1 Å². The molecule has 2 aliphatic heterocycles. The zero-order valence-corrected chi connectivity index (χ0v) is 40.8. The van der Waals surface area contributed by atoms with Crippen molar-refractivity contribution in [3.05, 3.63) is 169 Å². The molecule has 3 aromatic heterocycles. The van der Waals surface area contributed by atoms with E-state index in [0.29, 0.717) is 19.8 Å². The average molecular weight is 919 g/mol. The summed E-state index contributed by atoms with van der Waals surface area (Å²) in [5.74, 6) is 0. The van der Waals surface area contributed by atoms with Crippen molar-refractivity contribution in [2.24, 2.45) is 0 Å². The van der Waals surface area contributed by atoms with Crippen LogP contribution in [-0.2, 0) is 23.2 Å². The SMILES string of the molecule is Cc1cc(C)c(-c2c3nc(c(-c4c(C)cc(C)cc4C)c4ccc([n-]4)c(-c4c(C)cc(C)cc4C)c4nc(c(-c5c(C)cc(C)cc5C)c5ccc2[n-]5)C=C4)C=C3)c(C)c1.[C-]#N.[O]=[Mo]. The molecular formula is C57H52MoN5O-3. The van der Waals surface area contributed by atoms with E-state index in [4.69, 9.17) is 35.2 Å². The number of benzene rings is 4. The van der Waals surface area contributed by atoms with Gasteiger partial charge >= 0.3 is 23.2 Å². The van der Waals surface area contributed by atoms with Crippen LogP contribution >= 0.6 is 0 Å². The monoisotopic (exact) mass is 920 g/mol. The number of nitrogens with zero attached hydrogens (tertiary/aromatic N) is 5. The molecule has 0 unspecified atom stereocenters. The fourth-order valence-electron chi connectivity index (χ4n) is 10.4. The Balaban J connectivity index is 0.00000149. The number of aromatic nitrogens is 4. The molecule has 0 amide bonds. The van der Waals surface area contributed by atoms with E-state index >= 15 is 0 Å². The summed E-state index contributed by atoms with van der Waals surface area (Å²) in [5, 5.41) is 6.25. The molecule has 8 bridgehead atoms. The van der Waals surface area contributed by atoms with Crippen LogP contribution in [-0.4, -0.2) is 9.97 Å². The summed E-state index contributed by atoms with van der Waals surface area (Å²) in [7, 11) is 0. The molecular weight excluding hydrogens is 867 g/mol. The van der Waals surface area contributed by atoms with E-state index in [1.54, 1.807) is 0 Å². The summed E-state index contributed by atoms with van der Waals surface area (Å²) in [4.78, 5) is 22.4. The number of aryl methyl sites for hydroxylation is 12. The number of hydrogen-bond donors (Lipinski definition) is 0. The van der Waals surface area contributed by atoms with Crippen molar-refractivity contribution in [2.45, 2.75) is 83.1 Å². The van der Waals surface area contributed by atoms with Gasteiger partial charge in [-0.3, -0.25) is 0 Å². The number of rotatable bonds is 4. The van der Waals surface area contributed by atoms with Gasteiger partial charge in [-0.2, -0.15) is 0 Å². The Labute approximate surface area is 389 Å². The summed E-state index contributed by atoms with van der Waals surface area (Å²) in [5.41, 5.74) is 30.4. The summed E-state index contributed by atoms with van der Waals surface area (Å²) < 4.78 is 8.26. The van der Waals surface area contributed by atoms with Gasteiger partial charge in [-0.25, -0.2) is 9.97 Å². The molecule has 9 rings (SSSR count). The van der Waals surface area contributed by atoms with E-state index in [2.05, 4.69) is 180 Å². The van der Waals surface area contributed by atoms with Gasteiger partial charge < -0.3 is 21.8 Å². The zero-order valence-electron chi connectivity index (χ0n) is 38.8. The molecule has 0 N–H and O–H groups in total. The van der Waals surface area contributed by atoms with Crippen molar-refractivity contribution in [1.29, 1.82) is 5.26 Å². The Morgan fingerprint density at radius 3 is 0.688 bits per heavy atom. The third kappa shape index (κ3) is 8.22. The van der Waals surface area contributed by atoms with Crippen LogP contribution in [0, 0.1) is 94.9 Å². The maximum absolute atomic E-state index is 8.26. The van der Waals surface area contributed by atoms with Gasteiger partial charge in [0.1, 0.15) is 0 Å². The van der Waals surface area contributed by atoms with Gasteiger partial charge in [0.2, 0.25) is 0 Å². The van der Waals surface area contributed by atoms with E-state index in [-0.39, 0.29) is 0 Å². The molecule has 7 aromatic rings. The zero-order chi connectivity index (χ0) is 46.3. The quantitative estimate of drug-likeness (QED) is 0.129. The summed E-state index contributed by atoms with van der Waals surface area (Å²) >= 11 is 0.700. The van der Waals surface area contributed by atoms with Gasteiger partial charge in [0.25, 0.3) is 0 Å². The van der Waals surface area contributed by atoms with E-state index in [1.807, 2.05) is 0 Å². The van der Waals surface area contributed by atoms with Crippen LogP contribution in [0.2, 0.25) is 0 Å². The topological polar surface area (TPSA) is 94.8 Å². The molecule has 0 aliphatic carbocycles. The first-order chi connectivity index (χ1) is 30.7. The number of hydrogen-bond acceptors (Lipinski definition) is 4. The molecule has 4 aromatic carbocycles. The first-order valence-corrected chi connectivity index (χ1v) is 22.3. The maximum atomic E-state index is 8.26. The third-order valence-corrected chi connectivity index (χ3v) is 12.3. The standard InChI is InChI=1S/C56H52N4.CN.Mo.O/c1-29-21-33(5)49(34(6)22-29)53-41-13-15-43(57-41)54(50-35(7)23-30(2)24-36(50)8)45-17-19-47(59-45)56(52-39(11)27-32(4)28-40(52)12)48-20-18-46(60-48)55(44-16-14-42(53)58-44)51-37(9)25-31(3)26-38(51)10;1-2;;/h13-28H,1-12H3;;;/q-2;-1;;. The Morgan fingerprint density at radius 2 is 0.516 bits per heavy atom. The van der Waals surface area contributed by atoms with Gasteiger partial charge in [-0.05, 0) is 196 Å². The fourth-order valence-corrected chi connectivity index (χ4v) is 10.4. The second-order valence-electron chi connectivity index (χ2n) is 17.5. The Kier molecular flexibility index (Phi) is 13.0. The second-order valence-corrected chi connectivity index (χ2v) is 17.5. The first-order valence-electron chi connectivity index (χ1n) is 21.4. The molecule has 320 valence electrons. The van der Waals surface area contributed by atoms with Crippen molar-refractivity contribution in [3.63, 3.8) is 0 Å². The predicted molar refractivity (Wildman–Crippen MR) is 261 cm³/mol. The Hall–Kier alpha value is -6.54. The fraction of sp³-hybridized carbons (Fsp3) is 0.211.